The monoisotopic (exact) mass is 292 g/mol. The van der Waals surface area contributed by atoms with Crippen LogP contribution in [0.4, 0.5) is 4.39 Å². The molecule has 0 aliphatic heterocycles. The Hall–Kier alpha value is -1.42. The minimum Gasteiger partial charge on any atom is -0.271 e. The molecule has 2 aromatic carbocycles. The Kier molecular flexibility index (Phi) is 5.12. The lowest BCUT2D eigenvalue weighted by Gasteiger charge is -2.19. The van der Waals surface area contributed by atoms with E-state index in [4.69, 9.17) is 17.4 Å². The van der Waals surface area contributed by atoms with Gasteiger partial charge in [-0.3, -0.25) is 5.84 Å². The molecule has 0 saturated carbocycles. The summed E-state index contributed by atoms with van der Waals surface area (Å²) >= 11 is 6.10. The van der Waals surface area contributed by atoms with Crippen LogP contribution < -0.4 is 11.3 Å². The van der Waals surface area contributed by atoms with Crippen molar-refractivity contribution in [1.29, 1.82) is 0 Å². The maximum absolute atomic E-state index is 14.0. The van der Waals surface area contributed by atoms with Crippen LogP contribution in [0.15, 0.2) is 42.5 Å². The number of rotatable bonds is 5. The molecule has 0 saturated heterocycles. The van der Waals surface area contributed by atoms with E-state index in [1.54, 1.807) is 12.1 Å². The topological polar surface area (TPSA) is 38.0 Å². The molecule has 0 aromatic heterocycles. The zero-order valence-electron chi connectivity index (χ0n) is 11.4. The summed E-state index contributed by atoms with van der Waals surface area (Å²) in [4.78, 5) is 0. The van der Waals surface area contributed by atoms with Gasteiger partial charge in [-0.15, -0.1) is 0 Å². The maximum atomic E-state index is 14.0. The number of halogens is 2. The molecular weight excluding hydrogens is 275 g/mol. The largest absolute Gasteiger partial charge is 0.271 e. The fourth-order valence-electron chi connectivity index (χ4n) is 2.30. The van der Waals surface area contributed by atoms with Crippen LogP contribution in [-0.4, -0.2) is 0 Å². The average molecular weight is 293 g/mol. The molecule has 0 radical (unpaired) electrons. The van der Waals surface area contributed by atoms with Crippen molar-refractivity contribution in [3.05, 3.63) is 70.0 Å². The predicted octanol–water partition coefficient (Wildman–Crippen LogP) is 3.98. The van der Waals surface area contributed by atoms with Crippen LogP contribution in [0.1, 0.15) is 36.1 Å². The van der Waals surface area contributed by atoms with Crippen molar-refractivity contribution in [2.75, 3.05) is 0 Å². The Morgan fingerprint density at radius 3 is 2.45 bits per heavy atom. The molecule has 0 amide bonds. The minimum atomic E-state index is -0.459. The van der Waals surface area contributed by atoms with E-state index in [1.807, 2.05) is 24.3 Å². The molecule has 4 heteroatoms. The summed E-state index contributed by atoms with van der Waals surface area (Å²) in [6.45, 7) is 2.14. The number of hydrazine groups is 1. The van der Waals surface area contributed by atoms with Gasteiger partial charge in [-0.05, 0) is 29.7 Å². The van der Waals surface area contributed by atoms with Crippen molar-refractivity contribution in [2.45, 2.75) is 25.8 Å². The van der Waals surface area contributed by atoms with Gasteiger partial charge in [0.2, 0.25) is 0 Å². The van der Waals surface area contributed by atoms with E-state index < -0.39 is 6.04 Å². The van der Waals surface area contributed by atoms with Crippen molar-refractivity contribution in [2.24, 2.45) is 5.84 Å². The quantitative estimate of drug-likeness (QED) is 0.646. The van der Waals surface area contributed by atoms with E-state index in [1.165, 1.54) is 11.6 Å². The molecule has 2 aromatic rings. The van der Waals surface area contributed by atoms with Crippen LogP contribution in [0.25, 0.3) is 0 Å². The molecule has 0 aliphatic rings. The molecule has 0 spiro atoms. The number of hydrogen-bond donors (Lipinski definition) is 2. The van der Waals surface area contributed by atoms with Crippen molar-refractivity contribution in [3.63, 3.8) is 0 Å². The van der Waals surface area contributed by atoms with Gasteiger partial charge in [-0.25, -0.2) is 9.82 Å². The van der Waals surface area contributed by atoms with Crippen LogP contribution in [0.5, 0.6) is 0 Å². The number of hydrogen-bond acceptors (Lipinski definition) is 2. The third kappa shape index (κ3) is 3.18. The van der Waals surface area contributed by atoms with Crippen LogP contribution in [-0.2, 0) is 6.42 Å². The van der Waals surface area contributed by atoms with Crippen LogP contribution in [0.2, 0.25) is 5.02 Å². The molecule has 3 N–H and O–H groups in total. The van der Waals surface area contributed by atoms with Crippen molar-refractivity contribution in [3.8, 4) is 0 Å². The van der Waals surface area contributed by atoms with Crippen molar-refractivity contribution < 1.29 is 4.39 Å². The van der Waals surface area contributed by atoms with Crippen LogP contribution in [0, 0.1) is 5.82 Å². The molecule has 106 valence electrons. The van der Waals surface area contributed by atoms with Gasteiger partial charge in [-0.2, -0.15) is 0 Å². The lowest BCUT2D eigenvalue weighted by Crippen LogP contribution is -2.29. The second-order valence-electron chi connectivity index (χ2n) is 4.73. The molecule has 0 bridgehead atoms. The summed E-state index contributed by atoms with van der Waals surface area (Å²) in [5.41, 5.74) is 5.16. The van der Waals surface area contributed by atoms with Gasteiger partial charge in [0, 0.05) is 10.6 Å². The maximum Gasteiger partial charge on any atom is 0.129 e. The molecule has 2 nitrogen and oxygen atoms in total. The van der Waals surface area contributed by atoms with Gasteiger partial charge >= 0.3 is 0 Å². The molecule has 2 rings (SSSR count). The van der Waals surface area contributed by atoms with E-state index >= 15 is 0 Å². The molecular formula is C16H18ClFN2. The Balaban J connectivity index is 2.37. The first-order valence-electron chi connectivity index (χ1n) is 6.66. The number of aryl methyl sites for hydroxylation is 1. The van der Waals surface area contributed by atoms with Gasteiger partial charge in [0.05, 0.1) is 6.04 Å². The highest BCUT2D eigenvalue weighted by molar-refractivity contribution is 6.31. The number of benzene rings is 2. The first-order valence-corrected chi connectivity index (χ1v) is 7.04. The number of nitrogens with two attached hydrogens (primary N) is 1. The van der Waals surface area contributed by atoms with Gasteiger partial charge in [0.15, 0.2) is 0 Å². The molecule has 1 atom stereocenters. The second-order valence-corrected chi connectivity index (χ2v) is 5.13. The zero-order valence-corrected chi connectivity index (χ0v) is 12.1. The van der Waals surface area contributed by atoms with Gasteiger partial charge in [-0.1, -0.05) is 55.3 Å². The Bertz CT molecular complexity index is 549. The van der Waals surface area contributed by atoms with E-state index in [0.29, 0.717) is 10.6 Å². The highest BCUT2D eigenvalue weighted by Crippen LogP contribution is 2.30. The van der Waals surface area contributed by atoms with E-state index in [9.17, 15) is 4.39 Å². The van der Waals surface area contributed by atoms with Gasteiger partial charge in [0.25, 0.3) is 0 Å². The predicted molar refractivity (Wildman–Crippen MR) is 81.0 cm³/mol. The summed E-state index contributed by atoms with van der Waals surface area (Å²) in [5, 5.41) is 0.366. The van der Waals surface area contributed by atoms with E-state index in [2.05, 4.69) is 12.3 Å². The van der Waals surface area contributed by atoms with E-state index in [-0.39, 0.29) is 5.82 Å². The molecule has 0 fully saturated rings. The lowest BCUT2D eigenvalue weighted by molar-refractivity contribution is 0.560. The second kappa shape index (κ2) is 6.84. The first-order chi connectivity index (χ1) is 9.67. The fraction of sp³-hybridized carbons (Fsp3) is 0.250. The van der Waals surface area contributed by atoms with E-state index in [0.717, 1.165) is 18.4 Å². The van der Waals surface area contributed by atoms with Gasteiger partial charge < -0.3 is 0 Å². The van der Waals surface area contributed by atoms with Crippen LogP contribution >= 0.6 is 11.6 Å². The zero-order chi connectivity index (χ0) is 14.5. The molecule has 1 unspecified atom stereocenters. The lowest BCUT2D eigenvalue weighted by atomic mass is 9.97. The minimum absolute atomic E-state index is 0.363. The summed E-state index contributed by atoms with van der Waals surface area (Å²) < 4.78 is 14.0. The third-order valence-electron chi connectivity index (χ3n) is 3.31. The summed E-state index contributed by atoms with van der Waals surface area (Å²) in [7, 11) is 0. The van der Waals surface area contributed by atoms with Crippen molar-refractivity contribution in [1.82, 2.24) is 5.43 Å². The molecule has 0 aliphatic carbocycles. The highest BCUT2D eigenvalue weighted by atomic mass is 35.5. The normalized spacial score (nSPS) is 12.4. The smallest absolute Gasteiger partial charge is 0.129 e. The van der Waals surface area contributed by atoms with Crippen LogP contribution in [0.3, 0.4) is 0 Å². The Morgan fingerprint density at radius 1 is 1.20 bits per heavy atom. The SMILES string of the molecule is CCCc1ccc(C(NN)c2c(F)cccc2Cl)cc1. The highest BCUT2D eigenvalue weighted by Gasteiger charge is 2.19. The molecule has 0 heterocycles. The standard InChI is InChI=1S/C16H18ClFN2/c1-2-4-11-7-9-12(10-8-11)16(20-19)15-13(17)5-3-6-14(15)18/h3,5-10,16,20H,2,4,19H2,1H3. The fourth-order valence-corrected chi connectivity index (χ4v) is 2.57. The van der Waals surface area contributed by atoms with Crippen molar-refractivity contribution >= 4 is 11.6 Å². The number of nitrogens with one attached hydrogen (secondary N) is 1. The average Bonchev–Trinajstić information content (AvgIpc) is 2.45. The third-order valence-corrected chi connectivity index (χ3v) is 3.64. The summed E-state index contributed by atoms with van der Waals surface area (Å²) in [5.74, 6) is 5.23. The van der Waals surface area contributed by atoms with Gasteiger partial charge in [0.1, 0.15) is 5.82 Å². The Labute approximate surface area is 123 Å². The first kappa shape index (κ1) is 15.0. The summed E-state index contributed by atoms with van der Waals surface area (Å²) in [6.07, 6.45) is 2.12. The summed E-state index contributed by atoms with van der Waals surface area (Å²) in [6, 6.07) is 12.2. The Morgan fingerprint density at radius 2 is 1.90 bits per heavy atom. The molecule has 20 heavy (non-hydrogen) atoms.